The Balaban J connectivity index is 1.98. The summed E-state index contributed by atoms with van der Waals surface area (Å²) >= 11 is 0. The van der Waals surface area contributed by atoms with Crippen LogP contribution in [0.4, 0.5) is 17.2 Å². The van der Waals surface area contributed by atoms with E-state index in [2.05, 4.69) is 9.97 Å². The van der Waals surface area contributed by atoms with Crippen molar-refractivity contribution >= 4 is 28.2 Å². The molecule has 4 rings (SSSR count). The summed E-state index contributed by atoms with van der Waals surface area (Å²) in [6.07, 6.45) is 1.37. The zero-order chi connectivity index (χ0) is 20.5. The summed E-state index contributed by atoms with van der Waals surface area (Å²) in [5.74, 6) is 0.309. The van der Waals surface area contributed by atoms with Crippen LogP contribution >= 0.6 is 0 Å². The van der Waals surface area contributed by atoms with E-state index in [-0.39, 0.29) is 5.69 Å². The van der Waals surface area contributed by atoms with Gasteiger partial charge in [-0.25, -0.2) is 15.0 Å². The molecule has 0 amide bonds. The van der Waals surface area contributed by atoms with Crippen molar-refractivity contribution in [3.05, 3.63) is 71.0 Å². The third-order valence-corrected chi connectivity index (χ3v) is 4.68. The SMILES string of the molecule is CN(C)c1ccc(-c2nc3ncnc(N)c3cc2-c2cccc([N+](=O)[O-])c2)cc1. The fraction of sp³-hybridized carbons (Fsp3) is 0.0952. The molecule has 0 unspecified atom stereocenters. The number of nitrogens with two attached hydrogens (primary N) is 1. The van der Waals surface area contributed by atoms with Gasteiger partial charge in [0.05, 0.1) is 16.0 Å². The first-order valence-corrected chi connectivity index (χ1v) is 8.88. The van der Waals surface area contributed by atoms with E-state index in [1.165, 1.54) is 18.5 Å². The molecule has 0 saturated heterocycles. The molecular formula is C21H18N6O2. The van der Waals surface area contributed by atoms with E-state index in [4.69, 9.17) is 10.7 Å². The fourth-order valence-corrected chi connectivity index (χ4v) is 3.15. The van der Waals surface area contributed by atoms with Crippen molar-refractivity contribution in [3.8, 4) is 22.4 Å². The number of hydrogen-bond acceptors (Lipinski definition) is 7. The van der Waals surface area contributed by atoms with Crippen molar-refractivity contribution in [1.29, 1.82) is 0 Å². The molecule has 0 aliphatic heterocycles. The number of fused-ring (bicyclic) bond motifs is 1. The molecule has 2 heterocycles. The maximum atomic E-state index is 11.3. The molecule has 2 aromatic carbocycles. The third-order valence-electron chi connectivity index (χ3n) is 4.68. The highest BCUT2D eigenvalue weighted by atomic mass is 16.6. The van der Waals surface area contributed by atoms with Gasteiger partial charge >= 0.3 is 0 Å². The minimum absolute atomic E-state index is 0.00814. The standard InChI is InChI=1S/C21H18N6O2/c1-26(2)15-8-6-13(7-9-15)19-17(14-4-3-5-16(10-14)27(28)29)11-18-20(22)23-12-24-21(18)25-19/h3-12H,1-2H3,(H2,22,23,24,25). The van der Waals surface area contributed by atoms with E-state index < -0.39 is 4.92 Å². The summed E-state index contributed by atoms with van der Waals surface area (Å²) < 4.78 is 0. The van der Waals surface area contributed by atoms with Gasteiger partial charge in [-0.15, -0.1) is 0 Å². The number of pyridine rings is 1. The lowest BCUT2D eigenvalue weighted by molar-refractivity contribution is -0.384. The summed E-state index contributed by atoms with van der Waals surface area (Å²) in [6.45, 7) is 0. The molecule has 2 aromatic heterocycles. The molecule has 8 nitrogen and oxygen atoms in total. The molecule has 0 atom stereocenters. The van der Waals surface area contributed by atoms with Crippen LogP contribution in [0.15, 0.2) is 60.9 Å². The molecule has 0 bridgehead atoms. The minimum atomic E-state index is -0.416. The number of aromatic nitrogens is 3. The van der Waals surface area contributed by atoms with Gasteiger partial charge in [-0.3, -0.25) is 10.1 Å². The van der Waals surface area contributed by atoms with Gasteiger partial charge in [-0.05, 0) is 23.8 Å². The van der Waals surface area contributed by atoms with Gasteiger partial charge in [0.2, 0.25) is 0 Å². The van der Waals surface area contributed by atoms with E-state index >= 15 is 0 Å². The number of hydrogen-bond donors (Lipinski definition) is 1. The van der Waals surface area contributed by atoms with Crippen LogP contribution < -0.4 is 10.6 Å². The predicted octanol–water partition coefficient (Wildman–Crippen LogP) is 3.92. The van der Waals surface area contributed by atoms with E-state index in [9.17, 15) is 10.1 Å². The zero-order valence-electron chi connectivity index (χ0n) is 15.9. The average Bonchev–Trinajstić information content (AvgIpc) is 2.73. The number of nitro groups is 1. The Bertz CT molecular complexity index is 1220. The lowest BCUT2D eigenvalue weighted by Crippen LogP contribution is -2.08. The lowest BCUT2D eigenvalue weighted by Gasteiger charge is -2.15. The topological polar surface area (TPSA) is 111 Å². The van der Waals surface area contributed by atoms with Crippen LogP contribution in [0.3, 0.4) is 0 Å². The molecule has 0 saturated carbocycles. The summed E-state index contributed by atoms with van der Waals surface area (Å²) in [4.78, 5) is 25.8. The van der Waals surface area contributed by atoms with Gasteiger partial charge in [-0.2, -0.15) is 0 Å². The van der Waals surface area contributed by atoms with E-state index in [1.54, 1.807) is 6.07 Å². The van der Waals surface area contributed by atoms with Gasteiger partial charge in [0.15, 0.2) is 5.65 Å². The highest BCUT2D eigenvalue weighted by Crippen LogP contribution is 2.35. The van der Waals surface area contributed by atoms with Crippen LogP contribution in [0.25, 0.3) is 33.4 Å². The number of anilines is 2. The van der Waals surface area contributed by atoms with Crippen molar-refractivity contribution < 1.29 is 4.92 Å². The van der Waals surface area contributed by atoms with Crippen LogP contribution in [0.2, 0.25) is 0 Å². The highest BCUT2D eigenvalue weighted by Gasteiger charge is 2.16. The summed E-state index contributed by atoms with van der Waals surface area (Å²) in [6, 6.07) is 16.2. The largest absolute Gasteiger partial charge is 0.383 e. The smallest absolute Gasteiger partial charge is 0.270 e. The Morgan fingerprint density at radius 1 is 1.00 bits per heavy atom. The first-order valence-electron chi connectivity index (χ1n) is 8.88. The van der Waals surface area contributed by atoms with Crippen LogP contribution in [-0.4, -0.2) is 34.0 Å². The normalized spacial score (nSPS) is 10.8. The number of rotatable bonds is 4. The molecule has 29 heavy (non-hydrogen) atoms. The van der Waals surface area contributed by atoms with Crippen LogP contribution in [0, 0.1) is 10.1 Å². The second kappa shape index (κ2) is 7.16. The number of non-ortho nitro benzene ring substituents is 1. The maximum Gasteiger partial charge on any atom is 0.270 e. The van der Waals surface area contributed by atoms with Crippen molar-refractivity contribution in [2.75, 3.05) is 24.7 Å². The van der Waals surface area contributed by atoms with Gasteiger partial charge in [0.25, 0.3) is 5.69 Å². The van der Waals surface area contributed by atoms with E-state index in [0.29, 0.717) is 28.1 Å². The Kier molecular flexibility index (Phi) is 4.52. The summed E-state index contributed by atoms with van der Waals surface area (Å²) in [7, 11) is 3.94. The van der Waals surface area contributed by atoms with Crippen molar-refractivity contribution in [2.45, 2.75) is 0 Å². The Morgan fingerprint density at radius 2 is 1.76 bits per heavy atom. The van der Waals surface area contributed by atoms with Gasteiger partial charge in [0.1, 0.15) is 12.1 Å². The maximum absolute atomic E-state index is 11.3. The molecule has 0 spiro atoms. The second-order valence-electron chi connectivity index (χ2n) is 6.76. The fourth-order valence-electron chi connectivity index (χ4n) is 3.15. The van der Waals surface area contributed by atoms with Crippen LogP contribution in [-0.2, 0) is 0 Å². The highest BCUT2D eigenvalue weighted by molar-refractivity contribution is 5.94. The molecule has 0 aliphatic rings. The first-order chi connectivity index (χ1) is 13.9. The number of benzene rings is 2. The average molecular weight is 386 g/mol. The number of nitrogens with zero attached hydrogens (tertiary/aromatic N) is 5. The summed E-state index contributed by atoms with van der Waals surface area (Å²) in [5, 5.41) is 11.9. The van der Waals surface area contributed by atoms with Crippen molar-refractivity contribution in [3.63, 3.8) is 0 Å². The third kappa shape index (κ3) is 3.43. The molecule has 144 valence electrons. The number of nitrogen functional groups attached to an aromatic ring is 1. The van der Waals surface area contributed by atoms with E-state index in [0.717, 1.165) is 16.8 Å². The lowest BCUT2D eigenvalue weighted by atomic mass is 9.97. The Hall–Kier alpha value is -4.07. The molecule has 8 heteroatoms. The van der Waals surface area contributed by atoms with Gasteiger partial charge < -0.3 is 10.6 Å². The molecular weight excluding hydrogens is 368 g/mol. The Morgan fingerprint density at radius 3 is 2.45 bits per heavy atom. The van der Waals surface area contributed by atoms with Crippen LogP contribution in [0.1, 0.15) is 0 Å². The number of nitro benzene ring substituents is 1. The molecule has 0 aliphatic carbocycles. The Labute approximate surface area is 166 Å². The zero-order valence-corrected chi connectivity index (χ0v) is 15.9. The minimum Gasteiger partial charge on any atom is -0.383 e. The van der Waals surface area contributed by atoms with Gasteiger partial charge in [0, 0.05) is 43.0 Å². The van der Waals surface area contributed by atoms with Crippen molar-refractivity contribution in [1.82, 2.24) is 15.0 Å². The summed E-state index contributed by atoms with van der Waals surface area (Å²) in [5.41, 5.74) is 10.5. The monoisotopic (exact) mass is 386 g/mol. The van der Waals surface area contributed by atoms with Crippen molar-refractivity contribution in [2.24, 2.45) is 0 Å². The quantitative estimate of drug-likeness (QED) is 0.418. The molecule has 2 N–H and O–H groups in total. The van der Waals surface area contributed by atoms with E-state index in [1.807, 2.05) is 55.4 Å². The molecule has 0 fully saturated rings. The van der Waals surface area contributed by atoms with Crippen LogP contribution in [0.5, 0.6) is 0 Å². The first kappa shape index (κ1) is 18.3. The van der Waals surface area contributed by atoms with Gasteiger partial charge in [-0.1, -0.05) is 24.3 Å². The molecule has 4 aromatic rings. The molecule has 0 radical (unpaired) electrons. The second-order valence-corrected chi connectivity index (χ2v) is 6.76. The predicted molar refractivity (Wildman–Crippen MR) is 114 cm³/mol.